The van der Waals surface area contributed by atoms with Gasteiger partial charge in [-0.3, -0.25) is 0 Å². The van der Waals surface area contributed by atoms with E-state index in [4.69, 9.17) is 39.2 Å². The van der Waals surface area contributed by atoms with Crippen molar-refractivity contribution in [2.75, 3.05) is 0 Å². The van der Waals surface area contributed by atoms with Crippen molar-refractivity contribution in [1.82, 2.24) is 4.57 Å². The summed E-state index contributed by atoms with van der Waals surface area (Å²) in [5.74, 6) is 0. The average Bonchev–Trinajstić information content (AvgIpc) is 2.94. The Labute approximate surface area is 147 Å². The molecule has 0 N–H and O–H groups in total. The summed E-state index contributed by atoms with van der Waals surface area (Å²) in [6, 6.07) is 16.1. The van der Waals surface area contributed by atoms with E-state index < -0.39 is 0 Å². The lowest BCUT2D eigenvalue weighted by atomic mass is 9.61. The Balaban J connectivity index is 2.26. The summed E-state index contributed by atoms with van der Waals surface area (Å²) in [5, 5.41) is 2.20. The zero-order valence-corrected chi connectivity index (χ0v) is 13.0. The molecule has 0 saturated heterocycles. The minimum Gasteiger partial charge on any atom is -0.310 e. The summed E-state index contributed by atoms with van der Waals surface area (Å²) >= 11 is 0. The molecule has 0 aliphatic carbocycles. The van der Waals surface area contributed by atoms with Gasteiger partial charge in [-0.05, 0) is 12.1 Å². The van der Waals surface area contributed by atoms with Crippen LogP contribution in [-0.2, 0) is 0 Å². The van der Waals surface area contributed by atoms with Gasteiger partial charge in [-0.2, -0.15) is 0 Å². The van der Waals surface area contributed by atoms with Crippen molar-refractivity contribution in [2.45, 2.75) is 0 Å². The zero-order valence-electron chi connectivity index (χ0n) is 13.0. The van der Waals surface area contributed by atoms with Gasteiger partial charge in [0, 0.05) is 16.5 Å². The lowest BCUT2D eigenvalue weighted by Crippen LogP contribution is -2.56. The Kier molecular flexibility index (Phi) is 3.45. The van der Waals surface area contributed by atoms with E-state index in [0.717, 1.165) is 21.8 Å². The molecule has 1 nitrogen and oxygen atoms in total. The fourth-order valence-corrected chi connectivity index (χ4v) is 3.24. The van der Waals surface area contributed by atoms with Crippen LogP contribution in [0.3, 0.4) is 0 Å². The number of nitrogens with zero attached hydrogens (tertiary/aromatic N) is 1. The molecule has 0 aliphatic heterocycles. The van der Waals surface area contributed by atoms with E-state index in [1.165, 1.54) is 0 Å². The number of rotatable bonds is 1. The molecule has 10 radical (unpaired) electrons. The summed E-state index contributed by atoms with van der Waals surface area (Å²) < 4.78 is 1.99. The number of aromatic nitrogens is 1. The van der Waals surface area contributed by atoms with E-state index in [-0.39, 0.29) is 16.4 Å². The highest BCUT2D eigenvalue weighted by molar-refractivity contribution is 6.68. The maximum Gasteiger partial charge on any atom is 0.115 e. The molecule has 0 spiro atoms. The molecular weight excluding hydrogens is 284 g/mol. The molecule has 24 heavy (non-hydrogen) atoms. The summed E-state index contributed by atoms with van der Waals surface area (Å²) in [5.41, 5.74) is 3.88. The summed E-state index contributed by atoms with van der Waals surface area (Å²) in [7, 11) is 30.5. The van der Waals surface area contributed by atoms with Gasteiger partial charge in [0.25, 0.3) is 0 Å². The SMILES string of the molecule is [B]c1c([B])c([B])c(-n2c3ccccc3c3ccccc32)c([B])c1[B]. The highest BCUT2D eigenvalue weighted by atomic mass is 15.0. The third-order valence-corrected chi connectivity index (χ3v) is 4.47. The maximum atomic E-state index is 6.27. The second-order valence-electron chi connectivity index (χ2n) is 5.79. The van der Waals surface area contributed by atoms with Crippen molar-refractivity contribution in [3.8, 4) is 5.69 Å². The molecule has 1 aromatic heterocycles. The topological polar surface area (TPSA) is 4.93 Å². The first-order valence-electron chi connectivity index (χ1n) is 7.52. The standard InChI is InChI=1S/C18H8B5N/c19-13-14(20)16(22)18(17(23)15(13)21)24-11-7-3-1-5-9(11)10-6-2-4-8-12(10)24/h1-8H. The van der Waals surface area contributed by atoms with E-state index >= 15 is 0 Å². The Hall–Kier alpha value is -2.22. The minimum atomic E-state index is 0.217. The van der Waals surface area contributed by atoms with Crippen molar-refractivity contribution in [2.24, 2.45) is 0 Å². The predicted molar refractivity (Wildman–Crippen MR) is 108 cm³/mol. The molecule has 100 valence electrons. The smallest absolute Gasteiger partial charge is 0.115 e. The van der Waals surface area contributed by atoms with E-state index in [0.29, 0.717) is 16.6 Å². The molecule has 0 amide bonds. The highest BCUT2D eigenvalue weighted by Crippen LogP contribution is 2.30. The van der Waals surface area contributed by atoms with Gasteiger partial charge in [0.2, 0.25) is 0 Å². The minimum absolute atomic E-state index is 0.217. The van der Waals surface area contributed by atoms with E-state index in [9.17, 15) is 0 Å². The fourth-order valence-electron chi connectivity index (χ4n) is 3.24. The van der Waals surface area contributed by atoms with Crippen molar-refractivity contribution in [3.05, 3.63) is 48.5 Å². The molecule has 0 atom stereocenters. The van der Waals surface area contributed by atoms with E-state index in [1.807, 2.05) is 41.0 Å². The summed E-state index contributed by atoms with van der Waals surface area (Å²) in [6.45, 7) is 0. The first-order valence-corrected chi connectivity index (χ1v) is 7.52. The van der Waals surface area contributed by atoms with Gasteiger partial charge < -0.3 is 4.57 Å². The van der Waals surface area contributed by atoms with Crippen LogP contribution in [0.15, 0.2) is 48.5 Å². The molecule has 0 unspecified atom stereocenters. The molecule has 0 aliphatic rings. The summed E-state index contributed by atoms with van der Waals surface area (Å²) in [6.07, 6.45) is 0. The third kappa shape index (κ3) is 1.95. The van der Waals surface area contributed by atoms with Crippen LogP contribution in [0.4, 0.5) is 0 Å². The van der Waals surface area contributed by atoms with Crippen molar-refractivity contribution in [3.63, 3.8) is 0 Å². The largest absolute Gasteiger partial charge is 0.310 e. The third-order valence-electron chi connectivity index (χ3n) is 4.47. The number of fused-ring (bicyclic) bond motifs is 3. The van der Waals surface area contributed by atoms with Gasteiger partial charge in [0.05, 0.1) is 11.0 Å². The van der Waals surface area contributed by atoms with Gasteiger partial charge in [-0.15, -0.1) is 16.4 Å². The second kappa shape index (κ2) is 5.41. The molecule has 1 heterocycles. The Bertz CT molecular complexity index is 1030. The Morgan fingerprint density at radius 3 is 1.33 bits per heavy atom. The van der Waals surface area contributed by atoms with Crippen LogP contribution < -0.4 is 27.3 Å². The van der Waals surface area contributed by atoms with Crippen LogP contribution in [0, 0.1) is 0 Å². The fraction of sp³-hybridized carbons (Fsp3) is 0. The van der Waals surface area contributed by atoms with Crippen LogP contribution in [0.5, 0.6) is 0 Å². The second-order valence-corrected chi connectivity index (χ2v) is 5.79. The quantitative estimate of drug-likeness (QED) is 0.387. The molecule has 0 saturated carbocycles. The Morgan fingerprint density at radius 1 is 0.500 bits per heavy atom. The number of para-hydroxylation sites is 2. The first-order chi connectivity index (χ1) is 11.5. The predicted octanol–water partition coefficient (Wildman–Crippen LogP) is -1.25. The zero-order chi connectivity index (χ0) is 17.0. The number of benzene rings is 3. The highest BCUT2D eigenvalue weighted by Gasteiger charge is 2.17. The van der Waals surface area contributed by atoms with Crippen LogP contribution in [0.25, 0.3) is 27.5 Å². The molecule has 0 fully saturated rings. The Morgan fingerprint density at radius 2 is 0.875 bits per heavy atom. The van der Waals surface area contributed by atoms with Gasteiger partial charge in [-0.1, -0.05) is 47.3 Å². The molecule has 3 aromatic carbocycles. The van der Waals surface area contributed by atoms with Crippen molar-refractivity contribution >= 4 is 88.4 Å². The summed E-state index contributed by atoms with van der Waals surface area (Å²) in [4.78, 5) is 0. The van der Waals surface area contributed by atoms with Gasteiger partial charge in [0.15, 0.2) is 0 Å². The normalized spacial score (nSPS) is 11.3. The van der Waals surface area contributed by atoms with Crippen molar-refractivity contribution in [1.29, 1.82) is 0 Å². The van der Waals surface area contributed by atoms with E-state index in [2.05, 4.69) is 12.1 Å². The lowest BCUT2D eigenvalue weighted by molar-refractivity contribution is 1.21. The van der Waals surface area contributed by atoms with Crippen LogP contribution in [0.2, 0.25) is 0 Å². The lowest BCUT2D eigenvalue weighted by Gasteiger charge is -2.23. The number of hydrogen-bond acceptors (Lipinski definition) is 0. The van der Waals surface area contributed by atoms with Crippen LogP contribution >= 0.6 is 0 Å². The van der Waals surface area contributed by atoms with Crippen LogP contribution in [0.1, 0.15) is 0 Å². The van der Waals surface area contributed by atoms with Crippen molar-refractivity contribution < 1.29 is 0 Å². The molecule has 4 rings (SSSR count). The first kappa shape index (κ1) is 15.3. The van der Waals surface area contributed by atoms with Gasteiger partial charge in [0.1, 0.15) is 39.2 Å². The monoisotopic (exact) mass is 293 g/mol. The average molecular weight is 292 g/mol. The molecular formula is C18H8B5N. The molecule has 4 aromatic rings. The van der Waals surface area contributed by atoms with Crippen LogP contribution in [-0.4, -0.2) is 43.8 Å². The van der Waals surface area contributed by atoms with Gasteiger partial charge in [-0.25, -0.2) is 0 Å². The van der Waals surface area contributed by atoms with Gasteiger partial charge >= 0.3 is 0 Å². The van der Waals surface area contributed by atoms with E-state index in [1.54, 1.807) is 0 Å². The molecule has 0 bridgehead atoms. The molecule has 6 heteroatoms. The maximum absolute atomic E-state index is 6.27. The number of hydrogen-bond donors (Lipinski definition) is 0.